The van der Waals surface area contributed by atoms with E-state index in [9.17, 15) is 0 Å². The van der Waals surface area contributed by atoms with Crippen LogP contribution in [-0.2, 0) is 6.42 Å². The highest BCUT2D eigenvalue weighted by atomic mass is 16.5. The Bertz CT molecular complexity index is 1120. The van der Waals surface area contributed by atoms with E-state index in [-0.39, 0.29) is 0 Å². The molecule has 3 aromatic rings. The van der Waals surface area contributed by atoms with Crippen molar-refractivity contribution in [2.24, 2.45) is 5.92 Å². The highest BCUT2D eigenvalue weighted by molar-refractivity contribution is 5.93. The first kappa shape index (κ1) is 24.1. The van der Waals surface area contributed by atoms with Gasteiger partial charge in [0.1, 0.15) is 0 Å². The van der Waals surface area contributed by atoms with Gasteiger partial charge in [-0.05, 0) is 68.1 Å². The fraction of sp³-hybridized carbons (Fsp3) is 0.552. The molecule has 0 unspecified atom stereocenters. The van der Waals surface area contributed by atoms with Gasteiger partial charge < -0.3 is 19.5 Å². The van der Waals surface area contributed by atoms with E-state index in [1.54, 1.807) is 7.11 Å². The lowest BCUT2D eigenvalue weighted by molar-refractivity contribution is 0.0974. The van der Waals surface area contributed by atoms with Crippen molar-refractivity contribution < 1.29 is 4.74 Å². The largest absolute Gasteiger partial charge is 0.481 e. The molecule has 1 aromatic carbocycles. The van der Waals surface area contributed by atoms with Crippen LogP contribution in [0.2, 0.25) is 0 Å². The summed E-state index contributed by atoms with van der Waals surface area (Å²) in [6.45, 7) is 15.2. The zero-order valence-corrected chi connectivity index (χ0v) is 21.9. The number of benzene rings is 1. The third kappa shape index (κ3) is 5.19. The second-order valence-electron chi connectivity index (χ2n) is 10.6. The minimum absolute atomic E-state index is 0.646. The summed E-state index contributed by atoms with van der Waals surface area (Å²) >= 11 is 0. The number of anilines is 1. The zero-order valence-electron chi connectivity index (χ0n) is 21.9. The number of methoxy groups -OCH3 is 1. The quantitative estimate of drug-likeness (QED) is 0.519. The Morgan fingerprint density at radius 3 is 2.49 bits per heavy atom. The predicted molar refractivity (Wildman–Crippen MR) is 146 cm³/mol. The van der Waals surface area contributed by atoms with Gasteiger partial charge in [-0.3, -0.25) is 4.90 Å². The molecule has 0 aliphatic carbocycles. The minimum Gasteiger partial charge on any atom is -0.481 e. The number of likely N-dealkylation sites (tertiary alicyclic amines) is 1. The minimum atomic E-state index is 0.646. The van der Waals surface area contributed by atoms with E-state index in [0.717, 1.165) is 37.0 Å². The molecule has 4 heterocycles. The predicted octanol–water partition coefficient (Wildman–Crippen LogP) is 5.04. The lowest BCUT2D eigenvalue weighted by Gasteiger charge is -2.43. The first-order valence-corrected chi connectivity index (χ1v) is 13.4. The standard InChI is InChI=1S/C29H41N5O/c1-5-25-26-19-24(6-7-27(26)31-29(25)22-8-11-30-28(18-22)35-4)34-16-14-33(15-17-34)23-9-12-32(13-10-23)20-21(2)3/h6-8,11,18-19,21,23,31H,5,9-10,12-17,20H2,1-4H3. The number of nitrogens with zero attached hydrogens (tertiary/aromatic N) is 4. The molecular formula is C29H41N5O. The number of piperidine rings is 1. The number of H-pyrrole nitrogens is 1. The molecule has 2 fully saturated rings. The Hall–Kier alpha value is -2.57. The maximum absolute atomic E-state index is 5.36. The molecule has 6 heteroatoms. The van der Waals surface area contributed by atoms with Gasteiger partial charge in [0, 0.05) is 78.9 Å². The molecule has 0 atom stereocenters. The van der Waals surface area contributed by atoms with Crippen LogP contribution < -0.4 is 9.64 Å². The Kier molecular flexibility index (Phi) is 7.30. The van der Waals surface area contributed by atoms with Crippen molar-refractivity contribution in [1.82, 2.24) is 19.8 Å². The van der Waals surface area contributed by atoms with Crippen molar-refractivity contribution in [3.05, 3.63) is 42.1 Å². The van der Waals surface area contributed by atoms with E-state index in [4.69, 9.17) is 4.74 Å². The van der Waals surface area contributed by atoms with Crippen molar-refractivity contribution in [2.75, 3.05) is 57.8 Å². The number of hydrogen-bond donors (Lipinski definition) is 1. The van der Waals surface area contributed by atoms with E-state index in [0.29, 0.717) is 5.88 Å². The molecule has 6 nitrogen and oxygen atoms in total. The van der Waals surface area contributed by atoms with Crippen LogP contribution in [0.15, 0.2) is 36.5 Å². The first-order chi connectivity index (χ1) is 17.1. The van der Waals surface area contributed by atoms with Gasteiger partial charge in [-0.15, -0.1) is 0 Å². The molecule has 0 amide bonds. The zero-order chi connectivity index (χ0) is 24.4. The van der Waals surface area contributed by atoms with E-state index in [2.05, 4.69) is 69.7 Å². The van der Waals surface area contributed by atoms with Gasteiger partial charge in [0.15, 0.2) is 0 Å². The second-order valence-corrected chi connectivity index (χ2v) is 10.6. The van der Waals surface area contributed by atoms with Crippen molar-refractivity contribution in [1.29, 1.82) is 0 Å². The number of nitrogens with one attached hydrogen (secondary N) is 1. The normalized spacial score (nSPS) is 18.6. The third-order valence-corrected chi connectivity index (χ3v) is 7.85. The molecule has 2 saturated heterocycles. The summed E-state index contributed by atoms with van der Waals surface area (Å²) in [5, 5.41) is 1.33. The molecule has 35 heavy (non-hydrogen) atoms. The van der Waals surface area contributed by atoms with Crippen LogP contribution in [0, 0.1) is 5.92 Å². The van der Waals surface area contributed by atoms with Gasteiger partial charge in [0.05, 0.1) is 7.11 Å². The lowest BCUT2D eigenvalue weighted by atomic mass is 10.0. The molecule has 0 radical (unpaired) electrons. The van der Waals surface area contributed by atoms with Gasteiger partial charge >= 0.3 is 0 Å². The van der Waals surface area contributed by atoms with Crippen molar-refractivity contribution >= 4 is 16.6 Å². The van der Waals surface area contributed by atoms with Gasteiger partial charge in [-0.25, -0.2) is 4.98 Å². The monoisotopic (exact) mass is 475 g/mol. The third-order valence-electron chi connectivity index (χ3n) is 7.85. The summed E-state index contributed by atoms with van der Waals surface area (Å²) < 4.78 is 5.36. The summed E-state index contributed by atoms with van der Waals surface area (Å²) in [4.78, 5) is 15.9. The maximum Gasteiger partial charge on any atom is 0.213 e. The summed E-state index contributed by atoms with van der Waals surface area (Å²) in [5.41, 5.74) is 6.20. The summed E-state index contributed by atoms with van der Waals surface area (Å²) in [6.07, 6.45) is 5.44. The lowest BCUT2D eigenvalue weighted by Crippen LogP contribution is -2.53. The Balaban J connectivity index is 1.27. The maximum atomic E-state index is 5.36. The van der Waals surface area contributed by atoms with E-state index >= 15 is 0 Å². The Morgan fingerprint density at radius 2 is 1.80 bits per heavy atom. The van der Waals surface area contributed by atoms with Crippen molar-refractivity contribution in [3.8, 4) is 17.1 Å². The van der Waals surface area contributed by atoms with E-state index in [1.807, 2.05) is 12.3 Å². The van der Waals surface area contributed by atoms with Crippen LogP contribution >= 0.6 is 0 Å². The van der Waals surface area contributed by atoms with Gasteiger partial charge in [-0.1, -0.05) is 20.8 Å². The molecule has 0 saturated carbocycles. The van der Waals surface area contributed by atoms with Crippen molar-refractivity contribution in [2.45, 2.75) is 46.1 Å². The van der Waals surface area contributed by atoms with Gasteiger partial charge in [0.25, 0.3) is 0 Å². The average Bonchev–Trinajstić information content (AvgIpc) is 3.27. The fourth-order valence-corrected chi connectivity index (χ4v) is 6.05. The number of aromatic nitrogens is 2. The summed E-state index contributed by atoms with van der Waals surface area (Å²) in [5.74, 6) is 1.41. The molecule has 1 N–H and O–H groups in total. The summed E-state index contributed by atoms with van der Waals surface area (Å²) in [6, 6.07) is 11.8. The number of pyridine rings is 1. The average molecular weight is 476 g/mol. The number of ether oxygens (including phenoxy) is 1. The van der Waals surface area contributed by atoms with E-state index < -0.39 is 0 Å². The number of aromatic amines is 1. The Labute approximate surface area is 210 Å². The molecule has 0 bridgehead atoms. The highest BCUT2D eigenvalue weighted by Gasteiger charge is 2.28. The molecular weight excluding hydrogens is 434 g/mol. The fourth-order valence-electron chi connectivity index (χ4n) is 6.05. The SMILES string of the molecule is CCc1c(-c2ccnc(OC)c2)[nH]c2ccc(N3CCN(C4CCN(CC(C)C)CC4)CC3)cc12. The number of aryl methyl sites for hydroxylation is 1. The van der Waals surface area contributed by atoms with Crippen LogP contribution in [0.4, 0.5) is 5.69 Å². The van der Waals surface area contributed by atoms with Crippen LogP contribution in [0.3, 0.4) is 0 Å². The van der Waals surface area contributed by atoms with Crippen LogP contribution in [-0.4, -0.2) is 78.7 Å². The van der Waals surface area contributed by atoms with Crippen molar-refractivity contribution in [3.63, 3.8) is 0 Å². The molecule has 2 aliphatic rings. The molecule has 188 valence electrons. The van der Waals surface area contributed by atoms with Gasteiger partial charge in [0.2, 0.25) is 5.88 Å². The van der Waals surface area contributed by atoms with E-state index in [1.165, 1.54) is 73.4 Å². The number of fused-ring (bicyclic) bond motifs is 1. The Morgan fingerprint density at radius 1 is 1.03 bits per heavy atom. The highest BCUT2D eigenvalue weighted by Crippen LogP contribution is 2.34. The molecule has 2 aliphatic heterocycles. The topological polar surface area (TPSA) is 47.6 Å². The van der Waals surface area contributed by atoms with Gasteiger partial charge in [-0.2, -0.15) is 0 Å². The molecule has 0 spiro atoms. The first-order valence-electron chi connectivity index (χ1n) is 13.4. The molecule has 5 rings (SSSR count). The van der Waals surface area contributed by atoms with Crippen LogP contribution in [0.25, 0.3) is 22.2 Å². The van der Waals surface area contributed by atoms with Crippen LogP contribution in [0.1, 0.15) is 39.2 Å². The molecule has 2 aromatic heterocycles. The number of rotatable bonds is 7. The van der Waals surface area contributed by atoms with Crippen LogP contribution in [0.5, 0.6) is 5.88 Å². The number of hydrogen-bond acceptors (Lipinski definition) is 5. The second kappa shape index (κ2) is 10.6. The smallest absolute Gasteiger partial charge is 0.213 e. The number of piperazine rings is 1. The summed E-state index contributed by atoms with van der Waals surface area (Å²) in [7, 11) is 1.67.